The number of nitrogens with zero attached hydrogens (tertiary/aromatic N) is 1. The SMILES string of the molecule is N#CCC(Nc1ccc(F)cc1F)c1ccccc1. The Labute approximate surface area is 110 Å². The average molecular weight is 258 g/mol. The lowest BCUT2D eigenvalue weighted by molar-refractivity contribution is 0.583. The normalized spacial score (nSPS) is 11.6. The molecule has 0 heterocycles. The first-order valence-corrected chi connectivity index (χ1v) is 5.84. The molecule has 0 fully saturated rings. The maximum Gasteiger partial charge on any atom is 0.149 e. The molecule has 0 radical (unpaired) electrons. The van der Waals surface area contributed by atoms with E-state index < -0.39 is 11.6 Å². The number of rotatable bonds is 4. The van der Waals surface area contributed by atoms with Gasteiger partial charge >= 0.3 is 0 Å². The quantitative estimate of drug-likeness (QED) is 0.898. The second kappa shape index (κ2) is 5.96. The van der Waals surface area contributed by atoms with Gasteiger partial charge in [0.15, 0.2) is 0 Å². The van der Waals surface area contributed by atoms with Crippen molar-refractivity contribution in [2.75, 3.05) is 5.32 Å². The third kappa shape index (κ3) is 3.29. The molecule has 96 valence electrons. The third-order valence-electron chi connectivity index (χ3n) is 2.76. The van der Waals surface area contributed by atoms with Gasteiger partial charge in [0.1, 0.15) is 11.6 Å². The maximum atomic E-state index is 13.6. The zero-order chi connectivity index (χ0) is 13.7. The minimum atomic E-state index is -0.668. The van der Waals surface area contributed by atoms with Crippen LogP contribution in [0.25, 0.3) is 0 Å². The van der Waals surface area contributed by atoms with Crippen LogP contribution in [0.5, 0.6) is 0 Å². The van der Waals surface area contributed by atoms with Gasteiger partial charge in [-0.1, -0.05) is 30.3 Å². The van der Waals surface area contributed by atoms with E-state index in [1.807, 2.05) is 30.3 Å². The molecule has 0 saturated heterocycles. The standard InChI is InChI=1S/C15H12F2N2/c16-12-6-7-15(13(17)10-12)19-14(8-9-18)11-4-2-1-3-5-11/h1-7,10,14,19H,8H2. The summed E-state index contributed by atoms with van der Waals surface area (Å²) in [5.41, 5.74) is 1.07. The number of hydrogen-bond donors (Lipinski definition) is 1. The van der Waals surface area contributed by atoms with Gasteiger partial charge in [0.05, 0.1) is 24.2 Å². The Morgan fingerprint density at radius 2 is 1.84 bits per heavy atom. The van der Waals surface area contributed by atoms with E-state index in [0.29, 0.717) is 0 Å². The Morgan fingerprint density at radius 3 is 2.47 bits per heavy atom. The second-order valence-electron chi connectivity index (χ2n) is 4.09. The molecule has 0 spiro atoms. The summed E-state index contributed by atoms with van der Waals surface area (Å²) in [6, 6.07) is 14.3. The molecule has 2 aromatic carbocycles. The van der Waals surface area contributed by atoms with E-state index in [1.165, 1.54) is 12.1 Å². The molecule has 2 aromatic rings. The van der Waals surface area contributed by atoms with Gasteiger partial charge in [-0.15, -0.1) is 0 Å². The topological polar surface area (TPSA) is 35.8 Å². The van der Waals surface area contributed by atoms with Crippen molar-refractivity contribution in [3.8, 4) is 6.07 Å². The summed E-state index contributed by atoms with van der Waals surface area (Å²) in [6.07, 6.45) is 0.195. The fourth-order valence-electron chi connectivity index (χ4n) is 1.82. The molecule has 4 heteroatoms. The second-order valence-corrected chi connectivity index (χ2v) is 4.09. The van der Waals surface area contributed by atoms with Crippen molar-refractivity contribution < 1.29 is 8.78 Å². The van der Waals surface area contributed by atoms with E-state index in [2.05, 4.69) is 11.4 Å². The molecule has 0 aliphatic heterocycles. The van der Waals surface area contributed by atoms with Crippen LogP contribution in [0.1, 0.15) is 18.0 Å². The molecule has 0 aliphatic carbocycles. The molecule has 0 aliphatic rings. The van der Waals surface area contributed by atoms with E-state index in [9.17, 15) is 8.78 Å². The Hall–Kier alpha value is -2.41. The summed E-state index contributed by atoms with van der Waals surface area (Å²) >= 11 is 0. The molecule has 2 nitrogen and oxygen atoms in total. The molecule has 1 atom stereocenters. The molecule has 1 unspecified atom stereocenters. The minimum absolute atomic E-state index is 0.186. The van der Waals surface area contributed by atoms with Gasteiger partial charge in [0.2, 0.25) is 0 Å². The van der Waals surface area contributed by atoms with Gasteiger partial charge in [-0.2, -0.15) is 5.26 Å². The van der Waals surface area contributed by atoms with Gasteiger partial charge in [-0.05, 0) is 17.7 Å². The summed E-state index contributed by atoms with van der Waals surface area (Å²) in [7, 11) is 0. The molecule has 0 amide bonds. The van der Waals surface area contributed by atoms with E-state index in [4.69, 9.17) is 5.26 Å². The van der Waals surface area contributed by atoms with Crippen molar-refractivity contribution in [2.45, 2.75) is 12.5 Å². The summed E-state index contributed by atoms with van der Waals surface area (Å²) in [6.45, 7) is 0. The molecule has 2 rings (SSSR count). The van der Waals surface area contributed by atoms with Crippen molar-refractivity contribution in [2.24, 2.45) is 0 Å². The highest BCUT2D eigenvalue weighted by Gasteiger charge is 2.13. The first kappa shape index (κ1) is 13.0. The first-order chi connectivity index (χ1) is 9.20. The highest BCUT2D eigenvalue weighted by molar-refractivity contribution is 5.47. The summed E-state index contributed by atoms with van der Waals surface area (Å²) in [4.78, 5) is 0. The lowest BCUT2D eigenvalue weighted by atomic mass is 10.0. The molecular weight excluding hydrogens is 246 g/mol. The van der Waals surface area contributed by atoms with Crippen LogP contribution in [0.15, 0.2) is 48.5 Å². The van der Waals surface area contributed by atoms with Crippen molar-refractivity contribution in [1.29, 1.82) is 5.26 Å². The zero-order valence-corrected chi connectivity index (χ0v) is 10.1. The van der Waals surface area contributed by atoms with Gasteiger partial charge in [-0.25, -0.2) is 8.78 Å². The molecule has 19 heavy (non-hydrogen) atoms. The smallest absolute Gasteiger partial charge is 0.149 e. The zero-order valence-electron chi connectivity index (χ0n) is 10.1. The fourth-order valence-corrected chi connectivity index (χ4v) is 1.82. The summed E-state index contributed by atoms with van der Waals surface area (Å²) in [5.74, 6) is -1.29. The van der Waals surface area contributed by atoms with Crippen LogP contribution in [-0.2, 0) is 0 Å². The molecular formula is C15H12F2N2. The van der Waals surface area contributed by atoms with E-state index in [1.54, 1.807) is 0 Å². The number of anilines is 1. The number of halogens is 2. The highest BCUT2D eigenvalue weighted by Crippen LogP contribution is 2.24. The lowest BCUT2D eigenvalue weighted by Crippen LogP contribution is -2.11. The van der Waals surface area contributed by atoms with Gasteiger partial charge in [0.25, 0.3) is 0 Å². The molecule has 0 saturated carbocycles. The Morgan fingerprint density at radius 1 is 1.11 bits per heavy atom. The maximum absolute atomic E-state index is 13.6. The van der Waals surface area contributed by atoms with Gasteiger partial charge in [-0.3, -0.25) is 0 Å². The van der Waals surface area contributed by atoms with Crippen LogP contribution in [0.4, 0.5) is 14.5 Å². The predicted molar refractivity (Wildman–Crippen MR) is 69.4 cm³/mol. The van der Waals surface area contributed by atoms with Crippen LogP contribution in [-0.4, -0.2) is 0 Å². The monoisotopic (exact) mass is 258 g/mol. The lowest BCUT2D eigenvalue weighted by Gasteiger charge is -2.18. The average Bonchev–Trinajstić information content (AvgIpc) is 2.42. The first-order valence-electron chi connectivity index (χ1n) is 5.84. The third-order valence-corrected chi connectivity index (χ3v) is 2.76. The molecule has 1 N–H and O–H groups in total. The number of nitriles is 1. The molecule has 0 aromatic heterocycles. The van der Waals surface area contributed by atoms with Crippen LogP contribution < -0.4 is 5.32 Å². The van der Waals surface area contributed by atoms with E-state index in [0.717, 1.165) is 11.6 Å². The van der Waals surface area contributed by atoms with Crippen molar-refractivity contribution >= 4 is 5.69 Å². The van der Waals surface area contributed by atoms with Crippen molar-refractivity contribution in [1.82, 2.24) is 0 Å². The summed E-state index contributed by atoms with van der Waals surface area (Å²) < 4.78 is 26.4. The fraction of sp³-hybridized carbons (Fsp3) is 0.133. The summed E-state index contributed by atoms with van der Waals surface area (Å²) in [5, 5.41) is 11.8. The van der Waals surface area contributed by atoms with Crippen molar-refractivity contribution in [3.63, 3.8) is 0 Å². The van der Waals surface area contributed by atoms with Crippen LogP contribution in [0, 0.1) is 23.0 Å². The van der Waals surface area contributed by atoms with E-state index in [-0.39, 0.29) is 18.2 Å². The van der Waals surface area contributed by atoms with Gasteiger partial charge in [0, 0.05) is 6.07 Å². The largest absolute Gasteiger partial charge is 0.375 e. The number of hydrogen-bond acceptors (Lipinski definition) is 2. The Kier molecular flexibility index (Phi) is 4.09. The Balaban J connectivity index is 2.24. The number of benzene rings is 2. The minimum Gasteiger partial charge on any atom is -0.375 e. The predicted octanol–water partition coefficient (Wildman–Crippen LogP) is 4.03. The highest BCUT2D eigenvalue weighted by atomic mass is 19.1. The van der Waals surface area contributed by atoms with Crippen LogP contribution >= 0.6 is 0 Å². The van der Waals surface area contributed by atoms with Crippen molar-refractivity contribution in [3.05, 3.63) is 65.7 Å². The van der Waals surface area contributed by atoms with Crippen LogP contribution in [0.2, 0.25) is 0 Å². The van der Waals surface area contributed by atoms with E-state index >= 15 is 0 Å². The molecule has 0 bridgehead atoms. The Bertz CT molecular complexity index is 591. The van der Waals surface area contributed by atoms with Crippen LogP contribution in [0.3, 0.4) is 0 Å². The van der Waals surface area contributed by atoms with Gasteiger partial charge < -0.3 is 5.32 Å². The number of nitrogens with one attached hydrogen (secondary N) is 1.